The van der Waals surface area contributed by atoms with Crippen LogP contribution in [0.25, 0.3) is 44.6 Å². The molecule has 33 nitrogen and oxygen atoms in total. The Kier molecular flexibility index (Phi) is 16.6. The second kappa shape index (κ2) is 21.9. The number of aliphatic hydroxyl groups excluding tert-OH is 1. The molecule has 0 bridgehead atoms. The molecular formula is C38H44N11O22P3S2. The number of nitrogens with two attached hydrogens (primary N) is 2. The number of alkyl carbamates (subject to hydrolysis) is 1. The molecule has 15 N–H and O–H groups in total. The number of nitrogens with one attached hydrogen (secondary N) is 4. The van der Waals surface area contributed by atoms with E-state index in [9.17, 15) is 68.9 Å². The Morgan fingerprint density at radius 2 is 1.59 bits per heavy atom. The van der Waals surface area contributed by atoms with Crippen molar-refractivity contribution in [1.29, 1.82) is 5.41 Å². The summed E-state index contributed by atoms with van der Waals surface area (Å²) in [5, 5.41) is 23.5. The Bertz CT molecular complexity index is 3690. The number of nitrogens with zero attached hydrogens (tertiary/aromatic N) is 5. The van der Waals surface area contributed by atoms with E-state index in [2.05, 4.69) is 34.4 Å². The Morgan fingerprint density at radius 1 is 0.908 bits per heavy atom. The van der Waals surface area contributed by atoms with Crippen molar-refractivity contribution in [3.05, 3.63) is 72.1 Å². The zero-order chi connectivity index (χ0) is 55.9. The quantitative estimate of drug-likeness (QED) is 0.0162. The first kappa shape index (κ1) is 57.3. The van der Waals surface area contributed by atoms with Gasteiger partial charge in [0, 0.05) is 55.2 Å². The summed E-state index contributed by atoms with van der Waals surface area (Å²) in [7, 11) is -25.7. The van der Waals surface area contributed by atoms with Crippen LogP contribution in [0.1, 0.15) is 29.4 Å². The zero-order valence-corrected chi connectivity index (χ0v) is 42.9. The molecule has 38 heteroatoms. The number of hydrogen-bond donors (Lipinski definition) is 13. The number of imidazole rings is 1. The second-order valence-electron chi connectivity index (χ2n) is 16.3. The van der Waals surface area contributed by atoms with Gasteiger partial charge in [-0.25, -0.2) is 33.4 Å². The minimum atomic E-state index is -5.66. The molecule has 0 saturated carbocycles. The fourth-order valence-electron chi connectivity index (χ4n) is 7.87. The first-order valence-corrected chi connectivity index (χ1v) is 28.9. The van der Waals surface area contributed by atoms with E-state index in [-0.39, 0.29) is 77.1 Å². The predicted octanol–water partition coefficient (Wildman–Crippen LogP) is 0.420. The van der Waals surface area contributed by atoms with Gasteiger partial charge in [-0.15, -0.1) is 4.86 Å². The van der Waals surface area contributed by atoms with Gasteiger partial charge in [0.25, 0.3) is 26.1 Å². The van der Waals surface area contributed by atoms with Gasteiger partial charge in [0.15, 0.2) is 44.9 Å². The van der Waals surface area contributed by atoms with Crippen LogP contribution in [0, 0.1) is 5.41 Å². The van der Waals surface area contributed by atoms with Gasteiger partial charge in [-0.1, -0.05) is 18.2 Å². The fraction of sp³-hybridized carbons (Fsp3) is 0.289. The van der Waals surface area contributed by atoms with Gasteiger partial charge in [0.05, 0.1) is 24.0 Å². The van der Waals surface area contributed by atoms with Crippen LogP contribution in [0.3, 0.4) is 0 Å². The van der Waals surface area contributed by atoms with Crippen LogP contribution in [0.5, 0.6) is 0 Å². The van der Waals surface area contributed by atoms with Crippen LogP contribution in [0.15, 0.2) is 75.4 Å². The molecule has 6 atom stereocenters. The third-order valence-electron chi connectivity index (χ3n) is 11.0. The molecule has 1 aliphatic carbocycles. The fourth-order valence-corrected chi connectivity index (χ4v) is 12.8. The van der Waals surface area contributed by atoms with Gasteiger partial charge in [0.2, 0.25) is 5.91 Å². The average molecular weight is 1160 g/mol. The van der Waals surface area contributed by atoms with Crippen molar-refractivity contribution >= 4 is 95.1 Å². The highest BCUT2D eigenvalue weighted by molar-refractivity contribution is 7.86. The largest absolute Gasteiger partial charge is 0.480 e. The van der Waals surface area contributed by atoms with Crippen molar-refractivity contribution < 1.29 is 101 Å². The highest BCUT2D eigenvalue weighted by atomic mass is 32.2. The molecular weight excluding hydrogens is 1120 g/mol. The van der Waals surface area contributed by atoms with Crippen LogP contribution < -0.4 is 32.3 Å². The highest BCUT2D eigenvalue weighted by Gasteiger charge is 2.49. The number of carbonyl (C=O) groups excluding carboxylic acids is 3. The second-order valence-corrected chi connectivity index (χ2v) is 23.8. The number of ether oxygens (including phenoxy) is 2. The molecule has 3 amide bonds. The lowest BCUT2D eigenvalue weighted by molar-refractivity contribution is -0.121. The topological polar surface area (TPSA) is 521 Å². The SMILES string of the molecule is CN(CCCC(=O)NCCNC(=O)O[C@@H]1[C@H](O)[C@@H](COP(=O)(O)OP(=O)(O)NP(=O)(O)O)O[C@H]1n1cnc2c(N)ncnc21)C(=O)c1ccccc1-c1c2ccc(=N)c(S(=O)(=O)O)c-2oc2c(S(=O)(=O)O)c(N)ccc12. The minimum Gasteiger partial charge on any atom is -0.453 e. The molecule has 7 rings (SSSR count). The molecule has 2 unspecified atom stereocenters. The number of carbonyl (C=O) groups is 3. The summed E-state index contributed by atoms with van der Waals surface area (Å²) in [4.78, 5) is 89.4. The van der Waals surface area contributed by atoms with E-state index < -0.39 is 125 Å². The number of phosphoric acid groups is 1. The number of fused-ring (bicyclic) bond motifs is 3. The maximum absolute atomic E-state index is 14.1. The van der Waals surface area contributed by atoms with E-state index in [4.69, 9.17) is 40.6 Å². The molecule has 4 heterocycles. The molecule has 2 aliphatic heterocycles. The van der Waals surface area contributed by atoms with Gasteiger partial charge >= 0.3 is 29.4 Å². The summed E-state index contributed by atoms with van der Waals surface area (Å²) < 4.78 is 133. The number of benzene rings is 3. The summed E-state index contributed by atoms with van der Waals surface area (Å²) in [5.74, 6) is -1.93. The smallest absolute Gasteiger partial charge is 0.453 e. The van der Waals surface area contributed by atoms with Crippen molar-refractivity contribution in [3.63, 3.8) is 0 Å². The van der Waals surface area contributed by atoms with Crippen molar-refractivity contribution in [2.24, 2.45) is 0 Å². The van der Waals surface area contributed by atoms with Gasteiger partial charge in [-0.3, -0.25) is 33.2 Å². The lowest BCUT2D eigenvalue weighted by Gasteiger charge is -2.22. The van der Waals surface area contributed by atoms with Crippen LogP contribution in [-0.2, 0) is 57.0 Å². The zero-order valence-electron chi connectivity index (χ0n) is 38.6. The normalized spacial score (nSPS) is 18.8. The number of anilines is 2. The van der Waals surface area contributed by atoms with Crippen LogP contribution >= 0.6 is 23.3 Å². The number of amides is 3. The van der Waals surface area contributed by atoms with E-state index >= 15 is 0 Å². The monoisotopic (exact) mass is 1160 g/mol. The van der Waals surface area contributed by atoms with Crippen LogP contribution in [0.4, 0.5) is 16.3 Å². The van der Waals surface area contributed by atoms with E-state index in [1.54, 1.807) is 0 Å². The Labute approximate surface area is 426 Å². The maximum Gasteiger partial charge on any atom is 0.480 e. The standard InChI is InChI=1S/C38H44N11O22P3S2/c1-48(36(52)19-6-3-2-5-18(19)26-20-8-10-22(39)32(75(61,62)63)29(20)69-30-21(26)9-11-23(40)33(30)76(64,65)66)14-4-7-25(50)42-12-13-43-38(53)70-31-28(51)24(15-67-74(59,60)71-73(57,58)47-72(54,55)56)68-37(31)49-17-46-27-34(41)44-16-45-35(27)49/h2-3,5-6,8-11,16-17,24,28,31,37,39,51H,4,7,12-15,40H2,1H3,(H,42,50)(H,43,53)(H,59,60)(H2,41,44,45)(H,61,62,63)(H,64,65,66)(H4,47,54,55,56,57,58)/t24-,28-,31-,37-/m1/s1. The highest BCUT2D eigenvalue weighted by Crippen LogP contribution is 2.61. The number of phosphoric ester groups is 1. The summed E-state index contributed by atoms with van der Waals surface area (Å²) in [5.41, 5.74) is 10.7. The lowest BCUT2D eigenvalue weighted by atomic mass is 9.90. The van der Waals surface area contributed by atoms with Crippen molar-refractivity contribution in [1.82, 2.24) is 39.9 Å². The van der Waals surface area contributed by atoms with E-state index in [1.165, 1.54) is 48.3 Å². The van der Waals surface area contributed by atoms with E-state index in [0.29, 0.717) is 0 Å². The molecule has 410 valence electrons. The molecule has 2 aromatic carbocycles. The Balaban J connectivity index is 0.979. The Morgan fingerprint density at radius 3 is 2.28 bits per heavy atom. The summed E-state index contributed by atoms with van der Waals surface area (Å²) >= 11 is 0. The number of rotatable bonds is 20. The maximum atomic E-state index is 14.1. The van der Waals surface area contributed by atoms with Crippen LogP contribution in [-0.4, -0.2) is 145 Å². The third kappa shape index (κ3) is 12.9. The first-order valence-electron chi connectivity index (χ1n) is 21.4. The van der Waals surface area contributed by atoms with E-state index in [0.717, 1.165) is 34.2 Å². The molecule has 4 aromatic rings. The number of nitrogen functional groups attached to an aromatic ring is 2. The molecule has 2 aromatic heterocycles. The lowest BCUT2D eigenvalue weighted by Crippen LogP contribution is -2.41. The average Bonchev–Trinajstić information content (AvgIpc) is 3.87. The van der Waals surface area contributed by atoms with Gasteiger partial charge in [-0.05, 0) is 42.3 Å². The van der Waals surface area contributed by atoms with Gasteiger partial charge < -0.3 is 65.6 Å². The molecule has 1 fully saturated rings. The van der Waals surface area contributed by atoms with E-state index in [1.807, 2.05) is 0 Å². The third-order valence-corrected chi connectivity index (χ3v) is 17.1. The predicted molar refractivity (Wildman–Crippen MR) is 257 cm³/mol. The summed E-state index contributed by atoms with van der Waals surface area (Å²) in [6.45, 7) is -1.60. The summed E-state index contributed by atoms with van der Waals surface area (Å²) in [6.07, 6.45) is -5.91. The molecule has 0 radical (unpaired) electrons. The number of hydrogen-bond acceptors (Lipinski definition) is 22. The minimum absolute atomic E-state index is 0.000849. The summed E-state index contributed by atoms with van der Waals surface area (Å²) in [6, 6.07) is 10.6. The molecule has 1 saturated heterocycles. The van der Waals surface area contributed by atoms with Crippen LogP contribution in [0.2, 0.25) is 0 Å². The first-order chi connectivity index (χ1) is 35.4. The molecule has 3 aliphatic rings. The molecule has 76 heavy (non-hydrogen) atoms. The molecule has 0 spiro atoms. The van der Waals surface area contributed by atoms with Gasteiger partial charge in [0.1, 0.15) is 24.1 Å². The Hall–Kier alpha value is -6.36. The number of aromatic nitrogens is 4. The van der Waals surface area contributed by atoms with Crippen molar-refractivity contribution in [2.45, 2.75) is 47.2 Å². The van der Waals surface area contributed by atoms with Crippen molar-refractivity contribution in [3.8, 4) is 22.5 Å². The van der Waals surface area contributed by atoms with Crippen molar-refractivity contribution in [2.75, 3.05) is 44.8 Å². The van der Waals surface area contributed by atoms with Gasteiger partial charge in [-0.2, -0.15) is 21.1 Å². The number of aliphatic hydroxyl groups is 1.